The van der Waals surface area contributed by atoms with Crippen LogP contribution in [0.1, 0.15) is 5.56 Å². The van der Waals surface area contributed by atoms with Gasteiger partial charge in [0.25, 0.3) is 0 Å². The Kier molecular flexibility index (Phi) is 10.8. The van der Waals surface area contributed by atoms with Crippen molar-refractivity contribution in [3.8, 4) is 11.8 Å². The quantitative estimate of drug-likeness (QED) is 0.321. The Balaban J connectivity index is 0. The Hall–Kier alpha value is -0.104. The van der Waals surface area contributed by atoms with Crippen molar-refractivity contribution in [1.29, 1.82) is 0 Å². The van der Waals surface area contributed by atoms with Crippen molar-refractivity contribution in [1.82, 2.24) is 0 Å². The second-order valence-electron chi connectivity index (χ2n) is 2.02. The van der Waals surface area contributed by atoms with Gasteiger partial charge >= 0.3 is 23.1 Å². The summed E-state index contributed by atoms with van der Waals surface area (Å²) in [6.07, 6.45) is 0.810. The third-order valence-corrected chi connectivity index (χ3v) is 1.26. The first-order chi connectivity index (χ1) is 4.93. The molecule has 0 heterocycles. The van der Waals surface area contributed by atoms with Gasteiger partial charge in [-0.2, -0.15) is 6.92 Å². The van der Waals surface area contributed by atoms with E-state index in [2.05, 4.69) is 30.9 Å². The molecule has 0 aliphatic heterocycles. The van der Waals surface area contributed by atoms with E-state index in [-0.39, 0.29) is 40.0 Å². The number of benzene rings is 1. The minimum atomic E-state index is 0. The van der Waals surface area contributed by atoms with Crippen LogP contribution in [0.25, 0.3) is 0 Å². The Morgan fingerprint density at radius 1 is 1.17 bits per heavy atom. The molecular weight excluding hydrogens is 224 g/mol. The minimum Gasteiger partial charge on any atom is -1.00 e. The fourth-order valence-electron chi connectivity index (χ4n) is 0.760. The smallest absolute Gasteiger partial charge is 1.00 e. The standard InChI is InChI=1S/C10H9.BrH.Mg/c1-2-3-7-10-8-5-4-6-9-10;;/h4-6,8-9H,1,7H2;1H;/q-1;;+2/p-1. The molecule has 0 aliphatic rings. The van der Waals surface area contributed by atoms with Crippen molar-refractivity contribution in [2.75, 3.05) is 0 Å². The van der Waals surface area contributed by atoms with Crippen LogP contribution in [0.3, 0.4) is 0 Å². The Morgan fingerprint density at radius 2 is 1.75 bits per heavy atom. The van der Waals surface area contributed by atoms with Gasteiger partial charge in [0.1, 0.15) is 0 Å². The molecule has 0 N–H and O–H groups in total. The molecule has 0 fully saturated rings. The molecule has 0 aromatic heterocycles. The zero-order valence-corrected chi connectivity index (χ0v) is 9.89. The summed E-state index contributed by atoms with van der Waals surface area (Å²) in [5.74, 6) is 5.52. The zero-order chi connectivity index (χ0) is 7.23. The molecule has 1 rings (SSSR count). The first-order valence-electron chi connectivity index (χ1n) is 3.22. The molecule has 0 amide bonds. The van der Waals surface area contributed by atoms with Gasteiger partial charge in [-0.1, -0.05) is 42.3 Å². The van der Waals surface area contributed by atoms with Gasteiger partial charge in [0.15, 0.2) is 0 Å². The molecule has 0 nitrogen and oxygen atoms in total. The van der Waals surface area contributed by atoms with E-state index in [0.717, 1.165) is 6.42 Å². The van der Waals surface area contributed by atoms with E-state index in [1.807, 2.05) is 18.2 Å². The van der Waals surface area contributed by atoms with E-state index in [0.29, 0.717) is 0 Å². The fourth-order valence-corrected chi connectivity index (χ4v) is 0.760. The first kappa shape index (κ1) is 14.4. The summed E-state index contributed by atoms with van der Waals surface area (Å²) in [6.45, 7) is 3.44. The molecule has 1 aromatic rings. The van der Waals surface area contributed by atoms with Gasteiger partial charge in [-0.3, -0.25) is 5.92 Å². The predicted octanol–water partition coefficient (Wildman–Crippen LogP) is -1.31. The van der Waals surface area contributed by atoms with Gasteiger partial charge in [0.2, 0.25) is 0 Å². The molecular formula is C10H9BrMg. The summed E-state index contributed by atoms with van der Waals surface area (Å²) in [4.78, 5) is 0. The monoisotopic (exact) mass is 232 g/mol. The van der Waals surface area contributed by atoms with E-state index in [4.69, 9.17) is 0 Å². The normalized spacial score (nSPS) is 6.67. The first-order valence-corrected chi connectivity index (χ1v) is 3.22. The second kappa shape index (κ2) is 8.99. The zero-order valence-electron chi connectivity index (χ0n) is 6.89. The molecule has 0 atom stereocenters. The van der Waals surface area contributed by atoms with Crippen LogP contribution >= 0.6 is 0 Å². The average Bonchev–Trinajstić information content (AvgIpc) is 2.03. The molecule has 0 saturated heterocycles. The number of hydrogen-bond donors (Lipinski definition) is 0. The van der Waals surface area contributed by atoms with E-state index in [1.165, 1.54) is 5.56 Å². The predicted molar refractivity (Wildman–Crippen MR) is 49.0 cm³/mol. The molecule has 0 bridgehead atoms. The third-order valence-electron chi connectivity index (χ3n) is 1.26. The maximum atomic E-state index is 3.44. The van der Waals surface area contributed by atoms with Gasteiger partial charge < -0.3 is 22.9 Å². The molecule has 0 unspecified atom stereocenters. The topological polar surface area (TPSA) is 0 Å². The Bertz CT molecular complexity index is 246. The van der Waals surface area contributed by atoms with Crippen LogP contribution in [0.15, 0.2) is 30.3 Å². The van der Waals surface area contributed by atoms with Crippen LogP contribution in [-0.4, -0.2) is 23.1 Å². The van der Waals surface area contributed by atoms with Crippen molar-refractivity contribution in [2.45, 2.75) is 6.42 Å². The largest absolute Gasteiger partial charge is 2.00 e. The summed E-state index contributed by atoms with van der Waals surface area (Å²) in [6, 6.07) is 10.1. The van der Waals surface area contributed by atoms with Gasteiger partial charge in [-0.15, -0.1) is 0 Å². The molecule has 12 heavy (non-hydrogen) atoms. The average molecular weight is 233 g/mol. The van der Waals surface area contributed by atoms with E-state index in [9.17, 15) is 0 Å². The van der Waals surface area contributed by atoms with E-state index in [1.54, 1.807) is 0 Å². The second-order valence-corrected chi connectivity index (χ2v) is 2.02. The molecule has 0 saturated carbocycles. The van der Waals surface area contributed by atoms with Gasteiger partial charge in [-0.05, 0) is 0 Å². The molecule has 58 valence electrons. The van der Waals surface area contributed by atoms with Crippen LogP contribution in [-0.2, 0) is 6.42 Å². The summed E-state index contributed by atoms with van der Waals surface area (Å²) in [5, 5.41) is 0. The van der Waals surface area contributed by atoms with Crippen molar-refractivity contribution < 1.29 is 17.0 Å². The van der Waals surface area contributed by atoms with Crippen LogP contribution in [0, 0.1) is 18.8 Å². The van der Waals surface area contributed by atoms with Crippen molar-refractivity contribution in [2.24, 2.45) is 0 Å². The Morgan fingerprint density at radius 3 is 2.25 bits per heavy atom. The molecule has 0 spiro atoms. The summed E-state index contributed by atoms with van der Waals surface area (Å²) in [5.41, 5.74) is 1.25. The van der Waals surface area contributed by atoms with Gasteiger partial charge in [0, 0.05) is 0 Å². The number of hydrogen-bond acceptors (Lipinski definition) is 0. The van der Waals surface area contributed by atoms with Gasteiger partial charge in [0.05, 0.1) is 0 Å². The van der Waals surface area contributed by atoms with Crippen LogP contribution in [0.5, 0.6) is 0 Å². The molecule has 0 radical (unpaired) electrons. The summed E-state index contributed by atoms with van der Waals surface area (Å²) < 4.78 is 0. The third kappa shape index (κ3) is 5.53. The molecule has 0 aliphatic carbocycles. The number of rotatable bonds is 1. The van der Waals surface area contributed by atoms with Crippen molar-refractivity contribution in [3.05, 3.63) is 42.8 Å². The van der Waals surface area contributed by atoms with Crippen LogP contribution in [0.4, 0.5) is 0 Å². The number of halogens is 1. The van der Waals surface area contributed by atoms with E-state index >= 15 is 0 Å². The molecule has 2 heteroatoms. The van der Waals surface area contributed by atoms with Crippen molar-refractivity contribution >= 4 is 23.1 Å². The van der Waals surface area contributed by atoms with Crippen LogP contribution < -0.4 is 17.0 Å². The maximum absolute atomic E-state index is 3.44. The van der Waals surface area contributed by atoms with E-state index < -0.39 is 0 Å². The summed E-state index contributed by atoms with van der Waals surface area (Å²) >= 11 is 0. The van der Waals surface area contributed by atoms with Crippen molar-refractivity contribution in [3.63, 3.8) is 0 Å². The minimum absolute atomic E-state index is 0. The fraction of sp³-hybridized carbons (Fsp3) is 0.100. The van der Waals surface area contributed by atoms with Crippen LogP contribution in [0.2, 0.25) is 0 Å². The SMILES string of the molecule is [Br-].[CH2-]C#CCc1ccccc1.[Mg+2]. The molecule has 1 aromatic carbocycles. The summed E-state index contributed by atoms with van der Waals surface area (Å²) in [7, 11) is 0. The maximum Gasteiger partial charge on any atom is 2.00 e. The van der Waals surface area contributed by atoms with Gasteiger partial charge in [-0.25, -0.2) is 0 Å². The Labute approximate surface area is 101 Å².